The van der Waals surface area contributed by atoms with E-state index < -0.39 is 0 Å². The van der Waals surface area contributed by atoms with Gasteiger partial charge in [-0.1, -0.05) is 11.6 Å². The Labute approximate surface area is 183 Å². The third-order valence-electron chi connectivity index (χ3n) is 5.21. The zero-order chi connectivity index (χ0) is 21.1. The molecule has 0 saturated carbocycles. The summed E-state index contributed by atoms with van der Waals surface area (Å²) in [6.07, 6.45) is 5.68. The number of hydrogen-bond donors (Lipinski definition) is 2. The van der Waals surface area contributed by atoms with Gasteiger partial charge in [-0.15, -0.1) is 11.3 Å². The maximum absolute atomic E-state index is 12.8. The van der Waals surface area contributed by atoms with Gasteiger partial charge in [0.15, 0.2) is 0 Å². The van der Waals surface area contributed by atoms with Crippen molar-refractivity contribution < 1.29 is 18.7 Å². The number of furan rings is 1. The molecule has 0 saturated heterocycles. The first kappa shape index (κ1) is 20.9. The fourth-order valence-electron chi connectivity index (χ4n) is 3.78. The summed E-state index contributed by atoms with van der Waals surface area (Å²) >= 11 is 7.59. The highest BCUT2D eigenvalue weighted by Gasteiger charge is 2.26. The topological polar surface area (TPSA) is 80.6 Å². The highest BCUT2D eigenvalue weighted by Crippen LogP contribution is 2.38. The Hall–Kier alpha value is -2.35. The van der Waals surface area contributed by atoms with Crippen molar-refractivity contribution in [3.63, 3.8) is 0 Å². The summed E-state index contributed by atoms with van der Waals surface area (Å²) in [6.45, 7) is 0.866. The lowest BCUT2D eigenvalue weighted by Gasteiger charge is -2.13. The molecule has 4 rings (SSSR count). The molecule has 0 spiro atoms. The minimum atomic E-state index is -0.192. The van der Waals surface area contributed by atoms with E-state index in [2.05, 4.69) is 10.6 Å². The number of carbonyl (C=O) groups is 2. The monoisotopic (exact) mass is 446 g/mol. The molecule has 0 unspecified atom stereocenters. The number of methoxy groups -OCH3 is 1. The molecular weight excluding hydrogens is 424 g/mol. The maximum atomic E-state index is 12.8. The first-order valence-electron chi connectivity index (χ1n) is 9.94. The molecule has 0 aliphatic heterocycles. The fraction of sp³-hybridized carbons (Fsp3) is 0.364. The quantitative estimate of drug-likeness (QED) is 0.520. The average Bonchev–Trinajstić information content (AvgIpc) is 3.28. The van der Waals surface area contributed by atoms with Crippen molar-refractivity contribution in [1.29, 1.82) is 0 Å². The molecule has 158 valence electrons. The third kappa shape index (κ3) is 4.38. The first-order chi connectivity index (χ1) is 14.6. The number of carbonyl (C=O) groups excluding carboxylic acids is 2. The summed E-state index contributed by atoms with van der Waals surface area (Å²) < 4.78 is 10.5. The molecule has 2 heterocycles. The van der Waals surface area contributed by atoms with Crippen molar-refractivity contribution in [2.75, 3.05) is 25.6 Å². The van der Waals surface area contributed by atoms with Crippen LogP contribution < -0.4 is 10.6 Å². The summed E-state index contributed by atoms with van der Waals surface area (Å²) in [5, 5.41) is 7.88. The number of rotatable bonds is 7. The summed E-state index contributed by atoms with van der Waals surface area (Å²) in [5.41, 5.74) is 3.11. The lowest BCUT2D eigenvalue weighted by atomic mass is 9.95. The van der Waals surface area contributed by atoms with Crippen molar-refractivity contribution in [1.82, 2.24) is 5.32 Å². The summed E-state index contributed by atoms with van der Waals surface area (Å²) in [6, 6.07) is 5.33. The number of thiophene rings is 1. The van der Waals surface area contributed by atoms with E-state index in [1.807, 2.05) is 0 Å². The highest BCUT2D eigenvalue weighted by molar-refractivity contribution is 7.17. The number of amides is 2. The second kappa shape index (κ2) is 9.20. The molecule has 0 atom stereocenters. The summed E-state index contributed by atoms with van der Waals surface area (Å²) in [5.74, 6) is -0.357. The number of ether oxygens (including phenoxy) is 1. The number of nitrogens with one attached hydrogen (secondary N) is 2. The standard InChI is InChI=1S/C22H23ClN2O4S/c1-28-9-8-24-21(27)20-15-4-2-3-5-18(15)30-22(20)25-19(26)10-13-12-29-17-7-6-14(23)11-16(13)17/h6-7,11-12H,2-5,8-10H2,1H3,(H,24,27)(H,25,26). The van der Waals surface area contributed by atoms with Crippen molar-refractivity contribution in [2.24, 2.45) is 0 Å². The molecule has 0 bridgehead atoms. The van der Waals surface area contributed by atoms with E-state index >= 15 is 0 Å². The molecule has 0 radical (unpaired) electrons. The van der Waals surface area contributed by atoms with Crippen molar-refractivity contribution in [3.05, 3.63) is 51.1 Å². The van der Waals surface area contributed by atoms with Crippen LogP contribution in [0.1, 0.15) is 39.2 Å². The predicted molar refractivity (Wildman–Crippen MR) is 119 cm³/mol. The summed E-state index contributed by atoms with van der Waals surface area (Å²) in [7, 11) is 1.59. The van der Waals surface area contributed by atoms with Gasteiger partial charge in [0.25, 0.3) is 5.91 Å². The van der Waals surface area contributed by atoms with Crippen LogP contribution in [0.2, 0.25) is 5.02 Å². The second-order valence-electron chi connectivity index (χ2n) is 7.29. The molecule has 2 N–H and O–H groups in total. The van der Waals surface area contributed by atoms with Gasteiger partial charge < -0.3 is 19.8 Å². The molecule has 2 aromatic heterocycles. The predicted octanol–water partition coefficient (Wildman–Crippen LogP) is 4.58. The number of benzene rings is 1. The molecular formula is C22H23ClN2O4S. The van der Waals surface area contributed by atoms with E-state index in [4.69, 9.17) is 20.8 Å². The number of fused-ring (bicyclic) bond motifs is 2. The van der Waals surface area contributed by atoms with Crippen LogP contribution in [0.5, 0.6) is 0 Å². The molecule has 0 fully saturated rings. The molecule has 6 nitrogen and oxygen atoms in total. The maximum Gasteiger partial charge on any atom is 0.254 e. The van der Waals surface area contributed by atoms with E-state index in [9.17, 15) is 9.59 Å². The molecule has 1 aromatic carbocycles. The van der Waals surface area contributed by atoms with Gasteiger partial charge in [-0.3, -0.25) is 9.59 Å². The van der Waals surface area contributed by atoms with Crippen LogP contribution in [0.25, 0.3) is 11.0 Å². The van der Waals surface area contributed by atoms with Crippen LogP contribution in [-0.2, 0) is 28.8 Å². The third-order valence-corrected chi connectivity index (χ3v) is 6.65. The summed E-state index contributed by atoms with van der Waals surface area (Å²) in [4.78, 5) is 26.9. The van der Waals surface area contributed by atoms with Crippen molar-refractivity contribution in [3.8, 4) is 0 Å². The minimum Gasteiger partial charge on any atom is -0.464 e. The van der Waals surface area contributed by atoms with Crippen LogP contribution in [0.15, 0.2) is 28.9 Å². The Kier molecular flexibility index (Phi) is 6.41. The Morgan fingerprint density at radius 1 is 1.27 bits per heavy atom. The van der Waals surface area contributed by atoms with Gasteiger partial charge in [0.2, 0.25) is 5.91 Å². The normalized spacial score (nSPS) is 13.3. The average molecular weight is 447 g/mol. The smallest absolute Gasteiger partial charge is 0.254 e. The molecule has 3 aromatic rings. The van der Waals surface area contributed by atoms with Crippen molar-refractivity contribution >= 4 is 50.7 Å². The van der Waals surface area contributed by atoms with Gasteiger partial charge in [-0.05, 0) is 49.4 Å². The highest BCUT2D eigenvalue weighted by atomic mass is 35.5. The molecule has 30 heavy (non-hydrogen) atoms. The van der Waals surface area contributed by atoms with Gasteiger partial charge in [-0.2, -0.15) is 0 Å². The van der Waals surface area contributed by atoms with Crippen molar-refractivity contribution in [2.45, 2.75) is 32.1 Å². The SMILES string of the molecule is COCCNC(=O)c1c(NC(=O)Cc2coc3ccc(Cl)cc23)sc2c1CCCC2. The van der Waals surface area contributed by atoms with Crippen LogP contribution in [0, 0.1) is 0 Å². The van der Waals surface area contributed by atoms with E-state index in [0.717, 1.165) is 42.2 Å². The lowest BCUT2D eigenvalue weighted by Crippen LogP contribution is -2.28. The molecule has 1 aliphatic carbocycles. The van der Waals surface area contributed by atoms with Gasteiger partial charge in [-0.25, -0.2) is 0 Å². The Morgan fingerprint density at radius 2 is 2.10 bits per heavy atom. The van der Waals surface area contributed by atoms with Gasteiger partial charge in [0.05, 0.1) is 24.9 Å². The van der Waals surface area contributed by atoms with Crippen LogP contribution in [0.3, 0.4) is 0 Å². The van der Waals surface area contributed by atoms with Crippen LogP contribution in [0.4, 0.5) is 5.00 Å². The van der Waals surface area contributed by atoms with E-state index in [1.165, 1.54) is 16.2 Å². The van der Waals surface area contributed by atoms with Crippen LogP contribution >= 0.6 is 22.9 Å². The largest absolute Gasteiger partial charge is 0.464 e. The van der Waals surface area contributed by atoms with E-state index in [0.29, 0.717) is 34.3 Å². The number of halogens is 1. The van der Waals surface area contributed by atoms with Crippen LogP contribution in [-0.4, -0.2) is 32.1 Å². The molecule has 2 amide bonds. The minimum absolute atomic E-state index is 0.140. The van der Waals surface area contributed by atoms with Gasteiger partial charge in [0, 0.05) is 34.5 Å². The Balaban J connectivity index is 1.55. The fourth-order valence-corrected chi connectivity index (χ4v) is 5.26. The molecule has 1 aliphatic rings. The number of anilines is 1. The lowest BCUT2D eigenvalue weighted by molar-refractivity contribution is -0.115. The van der Waals surface area contributed by atoms with E-state index in [-0.39, 0.29) is 18.2 Å². The Morgan fingerprint density at radius 3 is 2.93 bits per heavy atom. The Bertz CT molecular complexity index is 1090. The number of hydrogen-bond acceptors (Lipinski definition) is 5. The molecule has 8 heteroatoms. The van der Waals surface area contributed by atoms with E-state index in [1.54, 1.807) is 31.6 Å². The van der Waals surface area contributed by atoms with Gasteiger partial charge >= 0.3 is 0 Å². The second-order valence-corrected chi connectivity index (χ2v) is 8.83. The first-order valence-corrected chi connectivity index (χ1v) is 11.1. The zero-order valence-corrected chi connectivity index (χ0v) is 18.3. The number of aryl methyl sites for hydroxylation is 1. The zero-order valence-electron chi connectivity index (χ0n) is 16.7. The van der Waals surface area contributed by atoms with Gasteiger partial charge in [0.1, 0.15) is 10.6 Å².